The predicted octanol–water partition coefficient (Wildman–Crippen LogP) is 1.81. The van der Waals surface area contributed by atoms with E-state index in [1.165, 1.54) is 0 Å². The van der Waals surface area contributed by atoms with E-state index in [-0.39, 0.29) is 12.0 Å². The van der Waals surface area contributed by atoms with Crippen LogP contribution >= 0.6 is 0 Å². The van der Waals surface area contributed by atoms with Gasteiger partial charge in [-0.05, 0) is 36.5 Å². The third-order valence-electron chi connectivity index (χ3n) is 3.88. The van der Waals surface area contributed by atoms with Crippen LogP contribution in [0.3, 0.4) is 0 Å². The monoisotopic (exact) mass is 306 g/mol. The number of sulfonamides is 1. The summed E-state index contributed by atoms with van der Waals surface area (Å²) in [5, 5.41) is 0. The predicted molar refractivity (Wildman–Crippen MR) is 84.1 cm³/mol. The largest absolute Gasteiger partial charge is 0.320 e. The van der Waals surface area contributed by atoms with E-state index in [4.69, 9.17) is 5.73 Å². The van der Waals surface area contributed by atoms with Crippen LogP contribution in [0.1, 0.15) is 32.3 Å². The Labute approximate surface area is 127 Å². The lowest BCUT2D eigenvalue weighted by Crippen LogP contribution is -2.41. The molecule has 0 bridgehead atoms. The molecular formula is C16H22N2O2S. The average Bonchev–Trinajstić information content (AvgIpc) is 2.45. The maximum atomic E-state index is 12.7. The minimum absolute atomic E-state index is 0.223. The Morgan fingerprint density at radius 1 is 1.29 bits per heavy atom. The van der Waals surface area contributed by atoms with Crippen molar-refractivity contribution in [3.63, 3.8) is 0 Å². The third-order valence-corrected chi connectivity index (χ3v) is 5.78. The summed E-state index contributed by atoms with van der Waals surface area (Å²) >= 11 is 0. The van der Waals surface area contributed by atoms with Crippen molar-refractivity contribution in [2.24, 2.45) is 11.1 Å². The van der Waals surface area contributed by atoms with Crippen molar-refractivity contribution in [3.8, 4) is 11.8 Å². The van der Waals surface area contributed by atoms with Crippen LogP contribution in [0.5, 0.6) is 0 Å². The van der Waals surface area contributed by atoms with Crippen LogP contribution in [-0.4, -0.2) is 32.4 Å². The molecule has 0 aliphatic carbocycles. The summed E-state index contributed by atoms with van der Waals surface area (Å²) in [6.45, 7) is 5.78. The van der Waals surface area contributed by atoms with Crippen LogP contribution in [0.2, 0.25) is 0 Å². The molecular weight excluding hydrogens is 284 g/mol. The van der Waals surface area contributed by atoms with Crippen molar-refractivity contribution in [2.45, 2.75) is 31.6 Å². The maximum absolute atomic E-state index is 12.7. The smallest absolute Gasteiger partial charge is 0.243 e. The van der Waals surface area contributed by atoms with Gasteiger partial charge in [-0.15, -0.1) is 0 Å². The van der Waals surface area contributed by atoms with Gasteiger partial charge in [0, 0.05) is 18.7 Å². The molecule has 2 N–H and O–H groups in total. The Balaban J connectivity index is 2.24. The van der Waals surface area contributed by atoms with Gasteiger partial charge in [-0.2, -0.15) is 4.31 Å². The summed E-state index contributed by atoms with van der Waals surface area (Å²) in [7, 11) is -3.43. The molecule has 2 rings (SSSR count). The minimum Gasteiger partial charge on any atom is -0.320 e. The number of nitrogens with zero attached hydrogens (tertiary/aromatic N) is 1. The lowest BCUT2D eigenvalue weighted by molar-refractivity contribution is 0.196. The van der Waals surface area contributed by atoms with Gasteiger partial charge in [0.05, 0.1) is 11.4 Å². The highest BCUT2D eigenvalue weighted by Crippen LogP contribution is 2.32. The molecule has 1 heterocycles. The van der Waals surface area contributed by atoms with Crippen molar-refractivity contribution in [3.05, 3.63) is 29.8 Å². The Bertz CT molecular complexity index is 659. The van der Waals surface area contributed by atoms with E-state index >= 15 is 0 Å². The highest BCUT2D eigenvalue weighted by molar-refractivity contribution is 7.89. The van der Waals surface area contributed by atoms with E-state index < -0.39 is 10.0 Å². The zero-order chi connectivity index (χ0) is 15.5. The SMILES string of the molecule is CC1(C)CCN(S(=O)(=O)c2cccc(C#CCN)c2)CC1. The number of nitrogens with two attached hydrogens (primary N) is 1. The Kier molecular flexibility index (Phi) is 4.72. The summed E-state index contributed by atoms with van der Waals surface area (Å²) in [6.07, 6.45) is 1.78. The number of benzene rings is 1. The first kappa shape index (κ1) is 16.0. The van der Waals surface area contributed by atoms with Crippen molar-refractivity contribution < 1.29 is 8.42 Å². The van der Waals surface area contributed by atoms with E-state index in [1.54, 1.807) is 28.6 Å². The topological polar surface area (TPSA) is 63.4 Å². The van der Waals surface area contributed by atoms with Crippen molar-refractivity contribution in [1.82, 2.24) is 4.31 Å². The van der Waals surface area contributed by atoms with Crippen LogP contribution in [0, 0.1) is 17.3 Å². The quantitative estimate of drug-likeness (QED) is 0.848. The van der Waals surface area contributed by atoms with E-state index in [0.29, 0.717) is 23.5 Å². The molecule has 4 nitrogen and oxygen atoms in total. The molecule has 0 saturated carbocycles. The maximum Gasteiger partial charge on any atom is 0.243 e. The van der Waals surface area contributed by atoms with Gasteiger partial charge in [-0.3, -0.25) is 0 Å². The van der Waals surface area contributed by atoms with E-state index in [0.717, 1.165) is 12.8 Å². The third kappa shape index (κ3) is 3.85. The van der Waals surface area contributed by atoms with Crippen LogP contribution < -0.4 is 5.73 Å². The Morgan fingerprint density at radius 2 is 1.95 bits per heavy atom. The zero-order valence-electron chi connectivity index (χ0n) is 12.6. The fourth-order valence-corrected chi connectivity index (χ4v) is 3.86. The molecule has 114 valence electrons. The molecule has 1 aromatic carbocycles. The number of piperidine rings is 1. The Morgan fingerprint density at radius 3 is 2.57 bits per heavy atom. The summed E-state index contributed by atoms with van der Waals surface area (Å²) in [5.74, 6) is 5.62. The van der Waals surface area contributed by atoms with Crippen molar-refractivity contribution in [1.29, 1.82) is 0 Å². The molecule has 1 aromatic rings. The molecule has 0 atom stereocenters. The minimum atomic E-state index is -3.43. The lowest BCUT2D eigenvalue weighted by atomic mass is 9.83. The van der Waals surface area contributed by atoms with Crippen LogP contribution in [0.15, 0.2) is 29.2 Å². The van der Waals surface area contributed by atoms with Gasteiger partial charge >= 0.3 is 0 Å². The molecule has 0 amide bonds. The van der Waals surface area contributed by atoms with Crippen LogP contribution in [0.25, 0.3) is 0 Å². The molecule has 0 radical (unpaired) electrons. The van der Waals surface area contributed by atoms with Crippen molar-refractivity contribution in [2.75, 3.05) is 19.6 Å². The molecule has 0 spiro atoms. The molecule has 5 heteroatoms. The highest BCUT2D eigenvalue weighted by atomic mass is 32.2. The molecule has 21 heavy (non-hydrogen) atoms. The normalized spacial score (nSPS) is 18.8. The van der Waals surface area contributed by atoms with Gasteiger partial charge < -0.3 is 5.73 Å². The molecule has 1 saturated heterocycles. The number of hydrogen-bond acceptors (Lipinski definition) is 3. The Hall–Kier alpha value is -1.35. The van der Waals surface area contributed by atoms with Crippen LogP contribution in [0.4, 0.5) is 0 Å². The average molecular weight is 306 g/mol. The van der Waals surface area contributed by atoms with Gasteiger partial charge in [0.1, 0.15) is 0 Å². The lowest BCUT2D eigenvalue weighted by Gasteiger charge is -2.36. The second-order valence-corrected chi connectivity index (χ2v) is 8.04. The van der Waals surface area contributed by atoms with Gasteiger partial charge in [-0.1, -0.05) is 31.8 Å². The molecule has 1 fully saturated rings. The molecule has 0 unspecified atom stereocenters. The standard InChI is InChI=1S/C16H22N2O2S/c1-16(2)8-11-18(12-9-16)21(19,20)15-7-3-5-14(13-15)6-4-10-17/h3,5,7,13H,8-12,17H2,1-2H3. The summed E-state index contributed by atoms with van der Waals surface area (Å²) < 4.78 is 26.9. The first-order valence-corrected chi connectivity index (χ1v) is 8.58. The van der Waals surface area contributed by atoms with E-state index in [2.05, 4.69) is 25.7 Å². The van der Waals surface area contributed by atoms with Gasteiger partial charge in [0.15, 0.2) is 0 Å². The first-order chi connectivity index (χ1) is 9.85. The summed E-state index contributed by atoms with van der Waals surface area (Å²) in [5.41, 5.74) is 6.24. The van der Waals surface area contributed by atoms with Crippen molar-refractivity contribution >= 4 is 10.0 Å². The first-order valence-electron chi connectivity index (χ1n) is 7.14. The van der Waals surface area contributed by atoms with E-state index in [9.17, 15) is 8.42 Å². The van der Waals surface area contributed by atoms with Crippen LogP contribution in [-0.2, 0) is 10.0 Å². The highest BCUT2D eigenvalue weighted by Gasteiger charge is 2.32. The summed E-state index contributed by atoms with van der Waals surface area (Å²) in [4.78, 5) is 0.311. The van der Waals surface area contributed by atoms with E-state index in [1.807, 2.05) is 0 Å². The number of hydrogen-bond donors (Lipinski definition) is 1. The molecule has 1 aliphatic heterocycles. The molecule has 1 aliphatic rings. The van der Waals surface area contributed by atoms with Gasteiger partial charge in [0.2, 0.25) is 10.0 Å². The fraction of sp³-hybridized carbons (Fsp3) is 0.500. The van der Waals surface area contributed by atoms with Gasteiger partial charge in [0.25, 0.3) is 0 Å². The van der Waals surface area contributed by atoms with Gasteiger partial charge in [-0.25, -0.2) is 8.42 Å². The number of rotatable bonds is 2. The second kappa shape index (κ2) is 6.18. The summed E-state index contributed by atoms with van der Waals surface area (Å²) in [6, 6.07) is 6.77. The molecule has 0 aromatic heterocycles. The zero-order valence-corrected chi connectivity index (χ0v) is 13.4. The fourth-order valence-electron chi connectivity index (χ4n) is 2.37. The second-order valence-electron chi connectivity index (χ2n) is 6.10.